The van der Waals surface area contributed by atoms with Crippen LogP contribution in [0, 0.1) is 12.8 Å². The first-order chi connectivity index (χ1) is 10.0. The molecule has 0 aliphatic carbocycles. The van der Waals surface area contributed by atoms with E-state index in [-0.39, 0.29) is 12.3 Å². The second kappa shape index (κ2) is 6.61. The van der Waals surface area contributed by atoms with Crippen LogP contribution in [0.15, 0.2) is 18.2 Å². The molecule has 1 heterocycles. The maximum absolute atomic E-state index is 12.3. The number of rotatable bonds is 4. The highest BCUT2D eigenvalue weighted by Gasteiger charge is 2.28. The summed E-state index contributed by atoms with van der Waals surface area (Å²) in [6, 6.07) is 5.71. The van der Waals surface area contributed by atoms with Gasteiger partial charge in [0.2, 0.25) is 5.91 Å². The van der Waals surface area contributed by atoms with Crippen LogP contribution in [0.4, 0.5) is 0 Å². The zero-order valence-electron chi connectivity index (χ0n) is 12.5. The van der Waals surface area contributed by atoms with Crippen LogP contribution in [-0.2, 0) is 16.0 Å². The maximum Gasteiger partial charge on any atom is 0.308 e. The Morgan fingerprint density at radius 2 is 2.19 bits per heavy atom. The Morgan fingerprint density at radius 3 is 2.86 bits per heavy atom. The molecule has 1 N–H and O–H groups in total. The molecule has 5 heteroatoms. The molecular weight excluding hydrogens is 270 g/mol. The highest BCUT2D eigenvalue weighted by molar-refractivity contribution is 5.80. The first kappa shape index (κ1) is 15.4. The molecule has 0 spiro atoms. The van der Waals surface area contributed by atoms with Gasteiger partial charge >= 0.3 is 5.97 Å². The van der Waals surface area contributed by atoms with Crippen molar-refractivity contribution < 1.29 is 19.4 Å². The summed E-state index contributed by atoms with van der Waals surface area (Å²) in [5, 5.41) is 9.07. The predicted molar refractivity (Wildman–Crippen MR) is 78.4 cm³/mol. The molecular formula is C16H21NO4. The lowest BCUT2D eigenvalue weighted by Crippen LogP contribution is -2.42. The van der Waals surface area contributed by atoms with Gasteiger partial charge in [0.05, 0.1) is 19.4 Å². The summed E-state index contributed by atoms with van der Waals surface area (Å²) in [5.74, 6) is -0.506. The molecule has 1 fully saturated rings. The van der Waals surface area contributed by atoms with E-state index < -0.39 is 11.9 Å². The van der Waals surface area contributed by atoms with E-state index in [1.165, 1.54) is 0 Å². The van der Waals surface area contributed by atoms with Crippen molar-refractivity contribution in [2.24, 2.45) is 5.92 Å². The van der Waals surface area contributed by atoms with Gasteiger partial charge in [0.25, 0.3) is 0 Å². The molecule has 5 nitrogen and oxygen atoms in total. The first-order valence-electron chi connectivity index (χ1n) is 7.15. The monoisotopic (exact) mass is 291 g/mol. The Morgan fingerprint density at radius 1 is 1.43 bits per heavy atom. The molecule has 114 valence electrons. The van der Waals surface area contributed by atoms with Crippen LogP contribution in [0.2, 0.25) is 0 Å². The van der Waals surface area contributed by atoms with Gasteiger partial charge in [-0.3, -0.25) is 9.59 Å². The van der Waals surface area contributed by atoms with Gasteiger partial charge in [-0.1, -0.05) is 12.1 Å². The number of nitrogens with zero attached hydrogens (tertiary/aromatic N) is 1. The lowest BCUT2D eigenvalue weighted by atomic mass is 9.97. The third kappa shape index (κ3) is 3.74. The molecule has 1 unspecified atom stereocenters. The van der Waals surface area contributed by atoms with Crippen LogP contribution in [0.5, 0.6) is 5.75 Å². The molecule has 1 saturated heterocycles. The molecule has 1 aliphatic heterocycles. The number of hydrogen-bond donors (Lipinski definition) is 1. The predicted octanol–water partition coefficient (Wildman–Crippen LogP) is 1.87. The number of benzene rings is 1. The van der Waals surface area contributed by atoms with Crippen LogP contribution >= 0.6 is 0 Å². The van der Waals surface area contributed by atoms with E-state index in [1.807, 2.05) is 25.1 Å². The number of aryl methyl sites for hydroxylation is 1. The number of methoxy groups -OCH3 is 1. The average Bonchev–Trinajstić information content (AvgIpc) is 2.49. The fraction of sp³-hybridized carbons (Fsp3) is 0.500. The van der Waals surface area contributed by atoms with Crippen LogP contribution in [0.3, 0.4) is 0 Å². The lowest BCUT2D eigenvalue weighted by Gasteiger charge is -2.30. The van der Waals surface area contributed by atoms with Gasteiger partial charge in [0.1, 0.15) is 5.75 Å². The summed E-state index contributed by atoms with van der Waals surface area (Å²) in [6.45, 7) is 2.91. The second-order valence-electron chi connectivity index (χ2n) is 5.50. The van der Waals surface area contributed by atoms with Crippen molar-refractivity contribution in [2.75, 3.05) is 20.2 Å². The smallest absolute Gasteiger partial charge is 0.308 e. The summed E-state index contributed by atoms with van der Waals surface area (Å²) in [4.78, 5) is 25.0. The lowest BCUT2D eigenvalue weighted by molar-refractivity contribution is -0.145. The number of aliphatic carboxylic acids is 1. The Bertz CT molecular complexity index is 541. The van der Waals surface area contributed by atoms with Crippen molar-refractivity contribution >= 4 is 11.9 Å². The van der Waals surface area contributed by atoms with Gasteiger partial charge in [0, 0.05) is 13.1 Å². The van der Waals surface area contributed by atoms with Gasteiger partial charge in [-0.25, -0.2) is 0 Å². The molecule has 21 heavy (non-hydrogen) atoms. The molecule has 0 bridgehead atoms. The van der Waals surface area contributed by atoms with E-state index in [9.17, 15) is 9.59 Å². The molecule has 1 amide bonds. The largest absolute Gasteiger partial charge is 0.496 e. The summed E-state index contributed by atoms with van der Waals surface area (Å²) < 4.78 is 5.26. The van der Waals surface area contributed by atoms with Crippen molar-refractivity contribution in [1.29, 1.82) is 0 Å². The van der Waals surface area contributed by atoms with E-state index in [4.69, 9.17) is 9.84 Å². The van der Waals surface area contributed by atoms with Gasteiger partial charge < -0.3 is 14.7 Å². The van der Waals surface area contributed by atoms with Crippen molar-refractivity contribution in [3.05, 3.63) is 29.3 Å². The van der Waals surface area contributed by atoms with Crippen molar-refractivity contribution in [2.45, 2.75) is 26.2 Å². The topological polar surface area (TPSA) is 66.8 Å². The Hall–Kier alpha value is -2.04. The fourth-order valence-electron chi connectivity index (χ4n) is 2.67. The number of piperidine rings is 1. The van der Waals surface area contributed by atoms with Gasteiger partial charge in [-0.05, 0) is 37.0 Å². The minimum Gasteiger partial charge on any atom is -0.496 e. The third-order valence-electron chi connectivity index (χ3n) is 3.95. The Balaban J connectivity index is 2.02. The fourth-order valence-corrected chi connectivity index (χ4v) is 2.67. The molecule has 1 aromatic carbocycles. The number of likely N-dealkylation sites (tertiary alicyclic amines) is 1. The molecule has 0 aromatic heterocycles. The standard InChI is InChI=1S/C16H21NO4/c1-11-5-6-12(8-14(11)21-2)9-15(18)17-7-3-4-13(10-17)16(19)20/h5-6,8,13H,3-4,7,9-10H2,1-2H3,(H,19,20). The molecule has 1 aromatic rings. The third-order valence-corrected chi connectivity index (χ3v) is 3.95. The van der Waals surface area contributed by atoms with Crippen molar-refractivity contribution in [3.63, 3.8) is 0 Å². The minimum atomic E-state index is -0.815. The van der Waals surface area contributed by atoms with E-state index in [0.717, 1.165) is 23.3 Å². The van der Waals surface area contributed by atoms with Crippen molar-refractivity contribution in [3.8, 4) is 5.75 Å². The summed E-state index contributed by atoms with van der Waals surface area (Å²) >= 11 is 0. The normalized spacial score (nSPS) is 18.4. The number of carbonyl (C=O) groups excluding carboxylic acids is 1. The van der Waals surface area contributed by atoms with E-state index >= 15 is 0 Å². The number of carboxylic acids is 1. The number of carboxylic acid groups (broad SMARTS) is 1. The Kier molecular flexibility index (Phi) is 4.83. The zero-order valence-corrected chi connectivity index (χ0v) is 12.5. The molecule has 2 rings (SSSR count). The van der Waals surface area contributed by atoms with E-state index in [0.29, 0.717) is 19.5 Å². The Labute approximate surface area is 124 Å². The number of carbonyl (C=O) groups is 2. The highest BCUT2D eigenvalue weighted by Crippen LogP contribution is 2.21. The summed E-state index contributed by atoms with van der Waals surface area (Å²) in [7, 11) is 1.61. The molecule has 0 radical (unpaired) electrons. The van der Waals surface area contributed by atoms with Crippen molar-refractivity contribution in [1.82, 2.24) is 4.90 Å². The first-order valence-corrected chi connectivity index (χ1v) is 7.15. The van der Waals surface area contributed by atoms with Crippen LogP contribution in [0.1, 0.15) is 24.0 Å². The number of hydrogen-bond acceptors (Lipinski definition) is 3. The van der Waals surface area contributed by atoms with Crippen LogP contribution < -0.4 is 4.74 Å². The minimum absolute atomic E-state index is 0.0214. The van der Waals surface area contributed by atoms with Crippen LogP contribution in [0.25, 0.3) is 0 Å². The average molecular weight is 291 g/mol. The molecule has 1 atom stereocenters. The van der Waals surface area contributed by atoms with E-state index in [2.05, 4.69) is 0 Å². The quantitative estimate of drug-likeness (QED) is 0.919. The number of ether oxygens (including phenoxy) is 1. The summed E-state index contributed by atoms with van der Waals surface area (Å²) in [5.41, 5.74) is 1.91. The zero-order chi connectivity index (χ0) is 15.4. The summed E-state index contributed by atoms with van der Waals surface area (Å²) in [6.07, 6.45) is 1.68. The number of amides is 1. The van der Waals surface area contributed by atoms with Gasteiger partial charge in [-0.15, -0.1) is 0 Å². The second-order valence-corrected chi connectivity index (χ2v) is 5.50. The van der Waals surface area contributed by atoms with Crippen LogP contribution in [-0.4, -0.2) is 42.1 Å². The van der Waals surface area contributed by atoms with E-state index in [1.54, 1.807) is 12.0 Å². The molecule has 1 aliphatic rings. The highest BCUT2D eigenvalue weighted by atomic mass is 16.5. The molecule has 0 saturated carbocycles. The SMILES string of the molecule is COc1cc(CC(=O)N2CCCC(C(=O)O)C2)ccc1C. The van der Waals surface area contributed by atoms with Gasteiger partial charge in [0.15, 0.2) is 0 Å². The van der Waals surface area contributed by atoms with Gasteiger partial charge in [-0.2, -0.15) is 0 Å². The maximum atomic E-state index is 12.3.